The Hall–Kier alpha value is -2.42. The van der Waals surface area contributed by atoms with Crippen LogP contribution in [-0.4, -0.2) is 51.5 Å². The number of morpholine rings is 1. The van der Waals surface area contributed by atoms with E-state index in [1.165, 1.54) is 16.4 Å². The van der Waals surface area contributed by atoms with Crippen molar-refractivity contribution in [2.45, 2.75) is 18.4 Å². The van der Waals surface area contributed by atoms with Crippen LogP contribution in [0.15, 0.2) is 53.4 Å². The van der Waals surface area contributed by atoms with Crippen LogP contribution in [0.3, 0.4) is 0 Å². The van der Waals surface area contributed by atoms with Crippen molar-refractivity contribution < 1.29 is 22.7 Å². The minimum absolute atomic E-state index is 0.137. The molecule has 0 atom stereocenters. The number of aryl methyl sites for hydroxylation is 1. The molecule has 1 aliphatic rings. The molecule has 8 heteroatoms. The summed E-state index contributed by atoms with van der Waals surface area (Å²) in [6.45, 7) is 3.79. The summed E-state index contributed by atoms with van der Waals surface area (Å²) in [6.07, 6.45) is 0. The highest BCUT2D eigenvalue weighted by Crippen LogP contribution is 2.20. The van der Waals surface area contributed by atoms with Crippen LogP contribution in [-0.2, 0) is 26.1 Å². The number of hydrogen-bond donors (Lipinski definition) is 1. The number of carbonyl (C=O) groups is 1. The molecule has 28 heavy (non-hydrogen) atoms. The first-order valence-electron chi connectivity index (χ1n) is 9.09. The Morgan fingerprint density at radius 3 is 2.46 bits per heavy atom. The highest BCUT2D eigenvalue weighted by Gasteiger charge is 2.26. The fraction of sp³-hybridized carbons (Fsp3) is 0.350. The zero-order valence-corrected chi connectivity index (χ0v) is 16.6. The molecule has 1 N–H and O–H groups in total. The van der Waals surface area contributed by atoms with Crippen LogP contribution in [0.4, 0.5) is 0 Å². The third kappa shape index (κ3) is 5.09. The van der Waals surface area contributed by atoms with Gasteiger partial charge in [0.15, 0.2) is 6.61 Å². The van der Waals surface area contributed by atoms with E-state index in [0.717, 1.165) is 11.1 Å². The van der Waals surface area contributed by atoms with Gasteiger partial charge in [0.05, 0.1) is 18.1 Å². The average molecular weight is 404 g/mol. The van der Waals surface area contributed by atoms with Gasteiger partial charge >= 0.3 is 0 Å². The molecule has 150 valence electrons. The van der Waals surface area contributed by atoms with Gasteiger partial charge in [0.2, 0.25) is 10.0 Å². The van der Waals surface area contributed by atoms with Crippen LogP contribution < -0.4 is 10.1 Å². The van der Waals surface area contributed by atoms with Crippen molar-refractivity contribution >= 4 is 15.9 Å². The molecule has 0 aromatic heterocycles. The standard InChI is InChI=1S/C20H24N2O5S/c1-16-4-2-3-5-17(16)14-21-20(23)15-27-18-6-8-19(9-7-18)28(24,25)22-10-12-26-13-11-22/h2-9H,10-15H2,1H3,(H,21,23). The van der Waals surface area contributed by atoms with Crippen molar-refractivity contribution in [2.24, 2.45) is 0 Å². The number of ether oxygens (including phenoxy) is 2. The van der Waals surface area contributed by atoms with Crippen molar-refractivity contribution in [3.63, 3.8) is 0 Å². The summed E-state index contributed by atoms with van der Waals surface area (Å²) in [5.74, 6) is 0.195. The van der Waals surface area contributed by atoms with Gasteiger partial charge in [0, 0.05) is 19.6 Å². The predicted octanol–water partition coefficient (Wildman–Crippen LogP) is 1.71. The van der Waals surface area contributed by atoms with Crippen molar-refractivity contribution in [3.05, 3.63) is 59.7 Å². The Kier molecular flexibility index (Phi) is 6.66. The summed E-state index contributed by atoms with van der Waals surface area (Å²) in [5, 5.41) is 2.81. The first-order chi connectivity index (χ1) is 13.5. The molecular weight excluding hydrogens is 380 g/mol. The van der Waals surface area contributed by atoms with E-state index in [9.17, 15) is 13.2 Å². The maximum absolute atomic E-state index is 12.6. The third-order valence-corrected chi connectivity index (χ3v) is 6.45. The Labute approximate surface area is 165 Å². The second-order valence-corrected chi connectivity index (χ2v) is 8.42. The molecular formula is C20H24N2O5S. The highest BCUT2D eigenvalue weighted by atomic mass is 32.2. The quantitative estimate of drug-likeness (QED) is 0.759. The van der Waals surface area contributed by atoms with E-state index in [1.54, 1.807) is 12.1 Å². The van der Waals surface area contributed by atoms with Crippen molar-refractivity contribution in [1.82, 2.24) is 9.62 Å². The number of hydrogen-bond acceptors (Lipinski definition) is 5. The number of carbonyl (C=O) groups excluding carboxylic acids is 1. The molecule has 1 heterocycles. The molecule has 0 spiro atoms. The van der Waals surface area contributed by atoms with E-state index in [2.05, 4.69) is 5.32 Å². The van der Waals surface area contributed by atoms with Crippen molar-refractivity contribution in [1.29, 1.82) is 0 Å². The normalized spacial score (nSPS) is 15.2. The van der Waals surface area contributed by atoms with Crippen LogP contribution in [0.5, 0.6) is 5.75 Å². The number of rotatable bonds is 7. The minimum Gasteiger partial charge on any atom is -0.484 e. The van der Waals surface area contributed by atoms with Gasteiger partial charge in [0.1, 0.15) is 5.75 Å². The van der Waals surface area contributed by atoms with Crippen molar-refractivity contribution in [3.8, 4) is 5.75 Å². The van der Waals surface area contributed by atoms with E-state index < -0.39 is 10.0 Å². The molecule has 1 fully saturated rings. The van der Waals surface area contributed by atoms with Crippen molar-refractivity contribution in [2.75, 3.05) is 32.9 Å². The minimum atomic E-state index is -3.53. The first-order valence-corrected chi connectivity index (χ1v) is 10.5. The molecule has 1 aliphatic heterocycles. The third-order valence-electron chi connectivity index (χ3n) is 4.54. The number of amides is 1. The van der Waals surface area contributed by atoms with Gasteiger partial charge in [-0.25, -0.2) is 8.42 Å². The summed E-state index contributed by atoms with van der Waals surface area (Å²) in [4.78, 5) is 12.2. The molecule has 1 saturated heterocycles. The van der Waals surface area contributed by atoms with E-state index in [-0.39, 0.29) is 17.4 Å². The molecule has 0 unspecified atom stereocenters. The molecule has 0 radical (unpaired) electrons. The van der Waals surface area contributed by atoms with Gasteiger partial charge in [-0.2, -0.15) is 4.31 Å². The molecule has 1 amide bonds. The lowest BCUT2D eigenvalue weighted by atomic mass is 10.1. The van der Waals surface area contributed by atoms with E-state index in [4.69, 9.17) is 9.47 Å². The molecule has 0 aliphatic carbocycles. The molecule has 7 nitrogen and oxygen atoms in total. The molecule has 0 bridgehead atoms. The largest absolute Gasteiger partial charge is 0.484 e. The van der Waals surface area contributed by atoms with E-state index >= 15 is 0 Å². The van der Waals surface area contributed by atoms with Crippen LogP contribution in [0, 0.1) is 6.92 Å². The molecule has 3 rings (SSSR count). The Morgan fingerprint density at radius 2 is 1.79 bits per heavy atom. The Morgan fingerprint density at radius 1 is 1.11 bits per heavy atom. The topological polar surface area (TPSA) is 84.9 Å². The summed E-state index contributed by atoms with van der Waals surface area (Å²) in [6, 6.07) is 13.9. The molecule has 2 aromatic rings. The summed E-state index contributed by atoms with van der Waals surface area (Å²) in [7, 11) is -3.53. The molecule has 2 aromatic carbocycles. The fourth-order valence-electron chi connectivity index (χ4n) is 2.85. The highest BCUT2D eigenvalue weighted by molar-refractivity contribution is 7.89. The van der Waals surface area contributed by atoms with Gasteiger partial charge < -0.3 is 14.8 Å². The Balaban J connectivity index is 1.51. The number of nitrogens with zero attached hydrogens (tertiary/aromatic N) is 1. The maximum Gasteiger partial charge on any atom is 0.258 e. The lowest BCUT2D eigenvalue weighted by molar-refractivity contribution is -0.123. The summed E-state index contributed by atoms with van der Waals surface area (Å²) < 4.78 is 37.2. The molecule has 0 saturated carbocycles. The number of nitrogens with one attached hydrogen (secondary N) is 1. The van der Waals surface area contributed by atoms with Gasteiger partial charge in [-0.1, -0.05) is 24.3 Å². The Bertz CT molecular complexity index is 906. The van der Waals surface area contributed by atoms with E-state index in [1.807, 2.05) is 31.2 Å². The van der Waals surface area contributed by atoms with Crippen LogP contribution in [0.25, 0.3) is 0 Å². The second-order valence-electron chi connectivity index (χ2n) is 6.48. The lowest BCUT2D eigenvalue weighted by Gasteiger charge is -2.26. The SMILES string of the molecule is Cc1ccccc1CNC(=O)COc1ccc(S(=O)(=O)N2CCOCC2)cc1. The van der Waals surface area contributed by atoms with Crippen LogP contribution >= 0.6 is 0 Å². The summed E-state index contributed by atoms with van der Waals surface area (Å²) >= 11 is 0. The second kappa shape index (κ2) is 9.18. The lowest BCUT2D eigenvalue weighted by Crippen LogP contribution is -2.40. The number of sulfonamides is 1. The number of benzene rings is 2. The van der Waals surface area contributed by atoms with Gasteiger partial charge in [-0.15, -0.1) is 0 Å². The smallest absolute Gasteiger partial charge is 0.258 e. The zero-order chi connectivity index (χ0) is 20.0. The van der Waals surface area contributed by atoms with Crippen LogP contribution in [0.2, 0.25) is 0 Å². The summed E-state index contributed by atoms with van der Waals surface area (Å²) in [5.41, 5.74) is 2.16. The van der Waals surface area contributed by atoms with Gasteiger partial charge in [0.25, 0.3) is 5.91 Å². The zero-order valence-electron chi connectivity index (χ0n) is 15.8. The van der Waals surface area contributed by atoms with Gasteiger partial charge in [-0.05, 0) is 42.3 Å². The monoisotopic (exact) mass is 404 g/mol. The average Bonchev–Trinajstić information content (AvgIpc) is 2.72. The fourth-order valence-corrected chi connectivity index (χ4v) is 4.25. The van der Waals surface area contributed by atoms with Crippen LogP contribution in [0.1, 0.15) is 11.1 Å². The van der Waals surface area contributed by atoms with E-state index in [0.29, 0.717) is 38.6 Å². The van der Waals surface area contributed by atoms with Gasteiger partial charge in [-0.3, -0.25) is 4.79 Å². The predicted molar refractivity (Wildman–Crippen MR) is 105 cm³/mol. The first kappa shape index (κ1) is 20.3. The maximum atomic E-state index is 12.6.